The minimum absolute atomic E-state index is 0.0571. The van der Waals surface area contributed by atoms with Crippen molar-refractivity contribution in [3.63, 3.8) is 0 Å². The van der Waals surface area contributed by atoms with Crippen molar-refractivity contribution >= 4 is 11.8 Å². The lowest BCUT2D eigenvalue weighted by molar-refractivity contribution is 0.204. The van der Waals surface area contributed by atoms with Gasteiger partial charge in [0.05, 0.1) is 17.4 Å². The Bertz CT molecular complexity index is 974. The minimum atomic E-state index is -0.145. The standard InChI is InChI=1S/C20H23N5O2/c1-13-7-4-5-8-17(13)25-19(11-14(2)22-25)21-20(26)24-10-6-9-18(24)16-12-15(3)27-23-16/h4-5,7-8,11-12,18H,6,9-10H2,1-3H3,(H,21,26). The van der Waals surface area contributed by atoms with Gasteiger partial charge < -0.3 is 9.42 Å². The van der Waals surface area contributed by atoms with E-state index >= 15 is 0 Å². The summed E-state index contributed by atoms with van der Waals surface area (Å²) in [6.07, 6.45) is 1.83. The number of benzene rings is 1. The summed E-state index contributed by atoms with van der Waals surface area (Å²) in [5, 5.41) is 11.7. The number of anilines is 1. The van der Waals surface area contributed by atoms with Gasteiger partial charge in [-0.15, -0.1) is 0 Å². The average Bonchev–Trinajstić information content (AvgIpc) is 3.35. The zero-order valence-electron chi connectivity index (χ0n) is 15.8. The number of urea groups is 1. The van der Waals surface area contributed by atoms with Gasteiger partial charge in [0.25, 0.3) is 0 Å². The molecule has 2 aromatic heterocycles. The molecule has 7 nitrogen and oxygen atoms in total. The Hall–Kier alpha value is -3.09. The quantitative estimate of drug-likeness (QED) is 0.756. The van der Waals surface area contributed by atoms with E-state index < -0.39 is 0 Å². The molecular weight excluding hydrogens is 342 g/mol. The first kappa shape index (κ1) is 17.3. The van der Waals surface area contributed by atoms with E-state index in [9.17, 15) is 4.79 Å². The van der Waals surface area contributed by atoms with Gasteiger partial charge in [-0.25, -0.2) is 9.48 Å². The molecule has 1 fully saturated rings. The molecule has 1 unspecified atom stereocenters. The van der Waals surface area contributed by atoms with Gasteiger partial charge in [0.1, 0.15) is 17.3 Å². The summed E-state index contributed by atoms with van der Waals surface area (Å²) in [6, 6.07) is 11.6. The third kappa shape index (κ3) is 3.32. The second-order valence-electron chi connectivity index (χ2n) is 7.01. The molecule has 1 saturated heterocycles. The number of aromatic nitrogens is 3. The Morgan fingerprint density at radius 1 is 1.22 bits per heavy atom. The van der Waals surface area contributed by atoms with Crippen LogP contribution in [0.5, 0.6) is 0 Å². The average molecular weight is 365 g/mol. The number of aryl methyl sites for hydroxylation is 3. The Morgan fingerprint density at radius 2 is 2.04 bits per heavy atom. The molecule has 1 atom stereocenters. The van der Waals surface area contributed by atoms with Gasteiger partial charge in [0, 0.05) is 18.7 Å². The minimum Gasteiger partial charge on any atom is -0.361 e. The van der Waals surface area contributed by atoms with Crippen LogP contribution in [0.3, 0.4) is 0 Å². The van der Waals surface area contributed by atoms with Crippen molar-refractivity contribution in [3.05, 3.63) is 59.1 Å². The zero-order chi connectivity index (χ0) is 19.0. The van der Waals surface area contributed by atoms with Gasteiger partial charge in [-0.2, -0.15) is 5.10 Å². The first-order chi connectivity index (χ1) is 13.0. The number of nitrogens with zero attached hydrogens (tertiary/aromatic N) is 4. The summed E-state index contributed by atoms with van der Waals surface area (Å²) >= 11 is 0. The highest BCUT2D eigenvalue weighted by molar-refractivity contribution is 5.89. The van der Waals surface area contributed by atoms with Gasteiger partial charge in [-0.3, -0.25) is 5.32 Å². The maximum Gasteiger partial charge on any atom is 0.323 e. The largest absolute Gasteiger partial charge is 0.361 e. The SMILES string of the molecule is Cc1cc(NC(=O)N2CCCC2c2cc(C)on2)n(-c2ccccc2C)n1. The zero-order valence-corrected chi connectivity index (χ0v) is 15.8. The van der Waals surface area contributed by atoms with E-state index in [1.54, 1.807) is 4.68 Å². The van der Waals surface area contributed by atoms with E-state index in [1.165, 1.54) is 0 Å². The maximum absolute atomic E-state index is 13.0. The molecule has 0 aliphatic carbocycles. The third-order valence-electron chi connectivity index (χ3n) is 4.91. The van der Waals surface area contributed by atoms with Crippen molar-refractivity contribution in [1.29, 1.82) is 0 Å². The van der Waals surface area contributed by atoms with E-state index in [0.29, 0.717) is 12.4 Å². The molecular formula is C20H23N5O2. The van der Waals surface area contributed by atoms with E-state index in [-0.39, 0.29) is 12.1 Å². The van der Waals surface area contributed by atoms with Crippen LogP contribution >= 0.6 is 0 Å². The van der Waals surface area contributed by atoms with Gasteiger partial charge in [-0.05, 0) is 45.2 Å². The van der Waals surface area contributed by atoms with Crippen molar-refractivity contribution in [2.75, 3.05) is 11.9 Å². The Labute approximate surface area is 158 Å². The molecule has 2 amide bonds. The van der Waals surface area contributed by atoms with E-state index in [4.69, 9.17) is 4.52 Å². The van der Waals surface area contributed by atoms with Gasteiger partial charge in [0.2, 0.25) is 0 Å². The number of amides is 2. The van der Waals surface area contributed by atoms with E-state index in [2.05, 4.69) is 15.6 Å². The topological polar surface area (TPSA) is 76.2 Å². The van der Waals surface area contributed by atoms with Gasteiger partial charge in [0.15, 0.2) is 0 Å². The molecule has 0 spiro atoms. The number of para-hydroxylation sites is 1. The molecule has 1 aliphatic rings. The molecule has 0 saturated carbocycles. The predicted octanol–water partition coefficient (Wildman–Crippen LogP) is 4.15. The smallest absolute Gasteiger partial charge is 0.323 e. The lowest BCUT2D eigenvalue weighted by Crippen LogP contribution is -2.35. The van der Waals surface area contributed by atoms with Crippen LogP contribution in [-0.4, -0.2) is 32.4 Å². The second kappa shape index (κ2) is 6.90. The van der Waals surface area contributed by atoms with Crippen LogP contribution in [0.1, 0.15) is 41.6 Å². The van der Waals surface area contributed by atoms with Crippen molar-refractivity contribution in [3.8, 4) is 5.69 Å². The molecule has 1 N–H and O–H groups in total. The molecule has 0 radical (unpaired) electrons. The fraction of sp³-hybridized carbons (Fsp3) is 0.350. The van der Waals surface area contributed by atoms with Crippen LogP contribution in [0.15, 0.2) is 40.9 Å². The molecule has 140 valence electrons. The van der Waals surface area contributed by atoms with Crippen LogP contribution < -0.4 is 5.32 Å². The van der Waals surface area contributed by atoms with Crippen LogP contribution in [0.4, 0.5) is 10.6 Å². The number of hydrogen-bond acceptors (Lipinski definition) is 4. The Morgan fingerprint density at radius 3 is 2.78 bits per heavy atom. The number of likely N-dealkylation sites (tertiary alicyclic amines) is 1. The van der Waals surface area contributed by atoms with E-state index in [0.717, 1.165) is 41.2 Å². The molecule has 3 heterocycles. The number of carbonyl (C=O) groups is 1. The molecule has 4 rings (SSSR count). The maximum atomic E-state index is 13.0. The molecule has 7 heteroatoms. The van der Waals surface area contributed by atoms with Crippen molar-refractivity contribution in [2.45, 2.75) is 39.7 Å². The van der Waals surface area contributed by atoms with Crippen LogP contribution in [0.25, 0.3) is 5.69 Å². The molecule has 27 heavy (non-hydrogen) atoms. The Balaban J connectivity index is 1.59. The van der Waals surface area contributed by atoms with Gasteiger partial charge >= 0.3 is 6.03 Å². The predicted molar refractivity (Wildman–Crippen MR) is 102 cm³/mol. The first-order valence-corrected chi connectivity index (χ1v) is 9.16. The summed E-state index contributed by atoms with van der Waals surface area (Å²) < 4.78 is 6.98. The van der Waals surface area contributed by atoms with Crippen molar-refractivity contribution in [2.24, 2.45) is 0 Å². The summed E-state index contributed by atoms with van der Waals surface area (Å²) in [4.78, 5) is 14.8. The van der Waals surface area contributed by atoms with E-state index in [1.807, 2.05) is 62.1 Å². The summed E-state index contributed by atoms with van der Waals surface area (Å²) in [5.74, 6) is 1.42. The first-order valence-electron chi connectivity index (χ1n) is 9.16. The highest BCUT2D eigenvalue weighted by Crippen LogP contribution is 2.32. The number of hydrogen-bond donors (Lipinski definition) is 1. The van der Waals surface area contributed by atoms with Crippen molar-refractivity contribution in [1.82, 2.24) is 19.8 Å². The highest BCUT2D eigenvalue weighted by atomic mass is 16.5. The second-order valence-corrected chi connectivity index (χ2v) is 7.01. The third-order valence-corrected chi connectivity index (χ3v) is 4.91. The monoisotopic (exact) mass is 365 g/mol. The fourth-order valence-corrected chi connectivity index (χ4v) is 3.61. The molecule has 0 bridgehead atoms. The summed E-state index contributed by atoms with van der Waals surface area (Å²) in [6.45, 7) is 6.50. The molecule has 1 aromatic carbocycles. The van der Waals surface area contributed by atoms with Crippen LogP contribution in [-0.2, 0) is 0 Å². The molecule has 1 aliphatic heterocycles. The summed E-state index contributed by atoms with van der Waals surface area (Å²) in [7, 11) is 0. The lowest BCUT2D eigenvalue weighted by Gasteiger charge is -2.23. The van der Waals surface area contributed by atoms with Crippen molar-refractivity contribution < 1.29 is 9.32 Å². The highest BCUT2D eigenvalue weighted by Gasteiger charge is 2.32. The number of rotatable bonds is 3. The fourth-order valence-electron chi connectivity index (χ4n) is 3.61. The number of carbonyl (C=O) groups excluding carboxylic acids is 1. The summed E-state index contributed by atoms with van der Waals surface area (Å²) in [5.41, 5.74) is 3.70. The number of nitrogens with one attached hydrogen (secondary N) is 1. The normalized spacial score (nSPS) is 16.7. The lowest BCUT2D eigenvalue weighted by atomic mass is 10.1. The van der Waals surface area contributed by atoms with Gasteiger partial charge in [-0.1, -0.05) is 23.4 Å². The van der Waals surface area contributed by atoms with Crippen LogP contribution in [0.2, 0.25) is 0 Å². The van der Waals surface area contributed by atoms with Crippen LogP contribution in [0, 0.1) is 20.8 Å². The molecule has 3 aromatic rings. The Kier molecular flexibility index (Phi) is 4.43.